The molecule has 1 aromatic rings. The van der Waals surface area contributed by atoms with Gasteiger partial charge < -0.3 is 5.32 Å². The Bertz CT molecular complexity index is 305. The minimum absolute atomic E-state index is 0.161. The van der Waals surface area contributed by atoms with Crippen LogP contribution in [0.3, 0.4) is 0 Å². The van der Waals surface area contributed by atoms with E-state index in [1.54, 1.807) is 0 Å². The molecule has 0 saturated carbocycles. The summed E-state index contributed by atoms with van der Waals surface area (Å²) in [4.78, 5) is 0. The van der Waals surface area contributed by atoms with Crippen molar-refractivity contribution in [3.63, 3.8) is 0 Å². The van der Waals surface area contributed by atoms with Crippen molar-refractivity contribution >= 4 is 0 Å². The van der Waals surface area contributed by atoms with E-state index in [0.29, 0.717) is 17.9 Å². The van der Waals surface area contributed by atoms with Crippen LogP contribution in [0.25, 0.3) is 0 Å². The quantitative estimate of drug-likeness (QED) is 0.808. The molecule has 0 aliphatic rings. The number of nitrogens with one attached hydrogen (secondary N) is 1. The highest BCUT2D eigenvalue weighted by Crippen LogP contribution is 2.21. The SMILES string of the molecule is CNC(C)C(Cc1ccc(F)cc1)C(C)C. The lowest BCUT2D eigenvalue weighted by atomic mass is 9.84. The maximum atomic E-state index is 12.8. The van der Waals surface area contributed by atoms with Crippen molar-refractivity contribution in [2.24, 2.45) is 11.8 Å². The Kier molecular flexibility index (Phi) is 4.94. The van der Waals surface area contributed by atoms with Crippen molar-refractivity contribution in [3.05, 3.63) is 35.6 Å². The Morgan fingerprint density at radius 3 is 2.12 bits per heavy atom. The molecule has 2 unspecified atom stereocenters. The maximum Gasteiger partial charge on any atom is 0.123 e. The Morgan fingerprint density at radius 2 is 1.69 bits per heavy atom. The molecular weight excluding hydrogens is 201 g/mol. The zero-order chi connectivity index (χ0) is 12.1. The molecule has 1 aromatic carbocycles. The first kappa shape index (κ1) is 13.2. The molecule has 2 heteroatoms. The van der Waals surface area contributed by atoms with Crippen LogP contribution in [-0.2, 0) is 6.42 Å². The highest BCUT2D eigenvalue weighted by Gasteiger charge is 2.19. The molecule has 0 saturated heterocycles. The second kappa shape index (κ2) is 6.00. The van der Waals surface area contributed by atoms with Crippen LogP contribution in [0.4, 0.5) is 4.39 Å². The first-order valence-electron chi connectivity index (χ1n) is 5.96. The lowest BCUT2D eigenvalue weighted by Gasteiger charge is -2.27. The minimum Gasteiger partial charge on any atom is -0.317 e. The molecule has 0 heterocycles. The fourth-order valence-corrected chi connectivity index (χ4v) is 2.10. The van der Waals surface area contributed by atoms with E-state index in [1.807, 2.05) is 19.2 Å². The Balaban J connectivity index is 2.71. The number of hydrogen-bond acceptors (Lipinski definition) is 1. The molecule has 1 nitrogen and oxygen atoms in total. The van der Waals surface area contributed by atoms with Gasteiger partial charge in [0.25, 0.3) is 0 Å². The summed E-state index contributed by atoms with van der Waals surface area (Å²) in [5, 5.41) is 3.30. The van der Waals surface area contributed by atoms with E-state index in [9.17, 15) is 4.39 Å². The molecule has 1 N–H and O–H groups in total. The third-order valence-corrected chi connectivity index (χ3v) is 3.34. The average molecular weight is 223 g/mol. The van der Waals surface area contributed by atoms with E-state index in [1.165, 1.54) is 17.7 Å². The van der Waals surface area contributed by atoms with Gasteiger partial charge in [0.05, 0.1) is 0 Å². The van der Waals surface area contributed by atoms with Gasteiger partial charge >= 0.3 is 0 Å². The molecule has 0 radical (unpaired) electrons. The Morgan fingerprint density at radius 1 is 1.12 bits per heavy atom. The van der Waals surface area contributed by atoms with Gasteiger partial charge in [-0.2, -0.15) is 0 Å². The van der Waals surface area contributed by atoms with Crippen molar-refractivity contribution < 1.29 is 4.39 Å². The second-order valence-electron chi connectivity index (χ2n) is 4.82. The van der Waals surface area contributed by atoms with Gasteiger partial charge in [-0.25, -0.2) is 4.39 Å². The molecule has 0 bridgehead atoms. The normalized spacial score (nSPS) is 15.1. The van der Waals surface area contributed by atoms with Gasteiger partial charge in [-0.3, -0.25) is 0 Å². The van der Waals surface area contributed by atoms with Gasteiger partial charge in [0.2, 0.25) is 0 Å². The van der Waals surface area contributed by atoms with Gasteiger partial charge in [0.1, 0.15) is 5.82 Å². The monoisotopic (exact) mass is 223 g/mol. The van der Waals surface area contributed by atoms with Crippen LogP contribution in [-0.4, -0.2) is 13.1 Å². The summed E-state index contributed by atoms with van der Waals surface area (Å²) in [6, 6.07) is 7.32. The molecule has 90 valence electrons. The van der Waals surface area contributed by atoms with Crippen LogP contribution >= 0.6 is 0 Å². The number of halogens is 1. The highest BCUT2D eigenvalue weighted by molar-refractivity contribution is 5.17. The van der Waals surface area contributed by atoms with Gasteiger partial charge in [0, 0.05) is 6.04 Å². The summed E-state index contributed by atoms with van der Waals surface area (Å²) in [6.45, 7) is 6.68. The fourth-order valence-electron chi connectivity index (χ4n) is 2.10. The predicted molar refractivity (Wildman–Crippen MR) is 67.0 cm³/mol. The molecule has 2 atom stereocenters. The van der Waals surface area contributed by atoms with E-state index < -0.39 is 0 Å². The summed E-state index contributed by atoms with van der Waals surface area (Å²) in [6.07, 6.45) is 1.000. The van der Waals surface area contributed by atoms with Crippen molar-refractivity contribution in [2.45, 2.75) is 33.2 Å². The Hall–Kier alpha value is -0.890. The van der Waals surface area contributed by atoms with E-state index in [0.717, 1.165) is 6.42 Å². The van der Waals surface area contributed by atoms with Gasteiger partial charge in [-0.05, 0) is 49.9 Å². The summed E-state index contributed by atoms with van der Waals surface area (Å²) in [5.41, 5.74) is 1.21. The largest absolute Gasteiger partial charge is 0.317 e. The first-order valence-corrected chi connectivity index (χ1v) is 5.96. The molecule has 0 aliphatic heterocycles. The van der Waals surface area contributed by atoms with Crippen molar-refractivity contribution in [1.82, 2.24) is 5.32 Å². The van der Waals surface area contributed by atoms with E-state index in [2.05, 4.69) is 26.1 Å². The molecule has 0 aromatic heterocycles. The molecular formula is C14H22FN. The third kappa shape index (κ3) is 3.60. The molecule has 16 heavy (non-hydrogen) atoms. The van der Waals surface area contributed by atoms with Crippen LogP contribution in [0.5, 0.6) is 0 Å². The van der Waals surface area contributed by atoms with E-state index in [-0.39, 0.29) is 5.82 Å². The van der Waals surface area contributed by atoms with Crippen molar-refractivity contribution in [1.29, 1.82) is 0 Å². The Labute approximate surface area is 98.1 Å². The van der Waals surface area contributed by atoms with Crippen LogP contribution in [0.15, 0.2) is 24.3 Å². The maximum absolute atomic E-state index is 12.8. The van der Waals surface area contributed by atoms with Crippen molar-refractivity contribution in [3.8, 4) is 0 Å². The molecule has 0 aliphatic carbocycles. The highest BCUT2D eigenvalue weighted by atomic mass is 19.1. The predicted octanol–water partition coefficient (Wildman–Crippen LogP) is 3.25. The van der Waals surface area contributed by atoms with Crippen LogP contribution < -0.4 is 5.32 Å². The smallest absolute Gasteiger partial charge is 0.123 e. The van der Waals surface area contributed by atoms with Crippen LogP contribution in [0, 0.1) is 17.7 Å². The lowest BCUT2D eigenvalue weighted by molar-refractivity contribution is 0.300. The molecule has 0 spiro atoms. The van der Waals surface area contributed by atoms with Gasteiger partial charge in [-0.1, -0.05) is 26.0 Å². The lowest BCUT2D eigenvalue weighted by Crippen LogP contribution is -2.35. The zero-order valence-corrected chi connectivity index (χ0v) is 10.6. The molecule has 0 fully saturated rings. The van der Waals surface area contributed by atoms with Gasteiger partial charge in [0.15, 0.2) is 0 Å². The number of benzene rings is 1. The van der Waals surface area contributed by atoms with Crippen LogP contribution in [0.2, 0.25) is 0 Å². The van der Waals surface area contributed by atoms with E-state index >= 15 is 0 Å². The van der Waals surface area contributed by atoms with Crippen LogP contribution in [0.1, 0.15) is 26.3 Å². The van der Waals surface area contributed by atoms with E-state index in [4.69, 9.17) is 0 Å². The first-order chi connectivity index (χ1) is 7.54. The molecule has 0 amide bonds. The average Bonchev–Trinajstić information content (AvgIpc) is 2.27. The van der Waals surface area contributed by atoms with Crippen molar-refractivity contribution in [2.75, 3.05) is 7.05 Å². The molecule has 1 rings (SSSR count). The number of rotatable bonds is 5. The number of hydrogen-bond donors (Lipinski definition) is 1. The summed E-state index contributed by atoms with van der Waals surface area (Å²) < 4.78 is 12.8. The fraction of sp³-hybridized carbons (Fsp3) is 0.571. The summed E-state index contributed by atoms with van der Waals surface area (Å²) in [5.74, 6) is 1.04. The second-order valence-corrected chi connectivity index (χ2v) is 4.82. The standard InChI is InChI=1S/C14H22FN/c1-10(2)14(11(3)16-4)9-12-5-7-13(15)8-6-12/h5-8,10-11,14,16H,9H2,1-4H3. The third-order valence-electron chi connectivity index (χ3n) is 3.34. The summed E-state index contributed by atoms with van der Waals surface area (Å²) in [7, 11) is 1.99. The topological polar surface area (TPSA) is 12.0 Å². The summed E-state index contributed by atoms with van der Waals surface area (Å²) >= 11 is 0. The zero-order valence-electron chi connectivity index (χ0n) is 10.6. The minimum atomic E-state index is -0.161. The van der Waals surface area contributed by atoms with Gasteiger partial charge in [-0.15, -0.1) is 0 Å².